The van der Waals surface area contributed by atoms with Gasteiger partial charge in [0.05, 0.1) is 19.2 Å². The molecule has 0 N–H and O–H groups in total. The standard InChI is InChI=1S/C15H28N6O/c1-12(2)14(15-16-17-18-21(15)9-10-22-3)20-8-7-19-6-4-5-13(19)11-20/h12-14H,4-11H2,1-3H3/t13-,14+/m1/s1. The monoisotopic (exact) mass is 308 g/mol. The van der Waals surface area contributed by atoms with Crippen LogP contribution in [0.3, 0.4) is 0 Å². The first kappa shape index (κ1) is 15.8. The first-order valence-electron chi connectivity index (χ1n) is 8.43. The minimum atomic E-state index is 0.287. The third-order valence-electron chi connectivity index (χ3n) is 4.97. The summed E-state index contributed by atoms with van der Waals surface area (Å²) in [4.78, 5) is 5.23. The van der Waals surface area contributed by atoms with Gasteiger partial charge in [0.15, 0.2) is 5.82 Å². The maximum absolute atomic E-state index is 5.18. The highest BCUT2D eigenvalue weighted by molar-refractivity contribution is 4.99. The maximum Gasteiger partial charge on any atom is 0.168 e. The van der Waals surface area contributed by atoms with Crippen LogP contribution in [0.1, 0.15) is 38.6 Å². The Balaban J connectivity index is 1.76. The quantitative estimate of drug-likeness (QED) is 0.775. The zero-order chi connectivity index (χ0) is 15.5. The van der Waals surface area contributed by atoms with Gasteiger partial charge in [-0.25, -0.2) is 4.68 Å². The van der Waals surface area contributed by atoms with Crippen LogP contribution in [0.25, 0.3) is 0 Å². The van der Waals surface area contributed by atoms with Gasteiger partial charge in [0, 0.05) is 32.8 Å². The van der Waals surface area contributed by atoms with Gasteiger partial charge < -0.3 is 4.74 Å². The molecule has 2 atom stereocenters. The van der Waals surface area contributed by atoms with Crippen molar-refractivity contribution in [3.05, 3.63) is 5.82 Å². The molecule has 3 heterocycles. The molecule has 0 aromatic carbocycles. The van der Waals surface area contributed by atoms with E-state index in [0.717, 1.165) is 25.0 Å². The van der Waals surface area contributed by atoms with E-state index >= 15 is 0 Å². The average Bonchev–Trinajstić information content (AvgIpc) is 3.13. The fraction of sp³-hybridized carbons (Fsp3) is 0.933. The Morgan fingerprint density at radius 2 is 2.14 bits per heavy atom. The van der Waals surface area contributed by atoms with Crippen LogP contribution in [-0.4, -0.2) is 75.9 Å². The molecule has 0 radical (unpaired) electrons. The second kappa shape index (κ2) is 7.02. The summed E-state index contributed by atoms with van der Waals surface area (Å²) in [7, 11) is 1.71. The van der Waals surface area contributed by atoms with Crippen LogP contribution in [0.4, 0.5) is 0 Å². The van der Waals surface area contributed by atoms with Crippen molar-refractivity contribution in [2.75, 3.05) is 39.9 Å². The predicted octanol–water partition coefficient (Wildman–Crippen LogP) is 0.797. The molecule has 0 saturated carbocycles. The van der Waals surface area contributed by atoms with Crippen LogP contribution in [0.2, 0.25) is 0 Å². The number of piperazine rings is 1. The number of ether oxygens (including phenoxy) is 1. The van der Waals surface area contributed by atoms with E-state index in [-0.39, 0.29) is 6.04 Å². The molecular weight excluding hydrogens is 280 g/mol. The van der Waals surface area contributed by atoms with E-state index in [9.17, 15) is 0 Å². The van der Waals surface area contributed by atoms with Gasteiger partial charge in [-0.2, -0.15) is 0 Å². The highest BCUT2D eigenvalue weighted by Gasteiger charge is 2.36. The molecule has 2 saturated heterocycles. The highest BCUT2D eigenvalue weighted by atomic mass is 16.5. The van der Waals surface area contributed by atoms with Crippen LogP contribution in [0, 0.1) is 5.92 Å². The second-order valence-corrected chi connectivity index (χ2v) is 6.77. The number of nitrogens with zero attached hydrogens (tertiary/aromatic N) is 6. The van der Waals surface area contributed by atoms with Crippen molar-refractivity contribution in [2.24, 2.45) is 5.92 Å². The Bertz CT molecular complexity index is 476. The van der Waals surface area contributed by atoms with Crippen LogP contribution < -0.4 is 0 Å². The Labute approximate surface area is 132 Å². The van der Waals surface area contributed by atoms with Crippen molar-refractivity contribution in [1.82, 2.24) is 30.0 Å². The summed E-state index contributed by atoms with van der Waals surface area (Å²) >= 11 is 0. The SMILES string of the molecule is COCCn1nnnc1[C@H](C(C)C)N1CCN2CCC[C@@H]2C1. The van der Waals surface area contributed by atoms with E-state index in [1.165, 1.54) is 25.9 Å². The fourth-order valence-electron chi connectivity index (χ4n) is 3.91. The third-order valence-corrected chi connectivity index (χ3v) is 4.97. The zero-order valence-corrected chi connectivity index (χ0v) is 14.0. The Morgan fingerprint density at radius 1 is 1.27 bits per heavy atom. The molecule has 2 fully saturated rings. The van der Waals surface area contributed by atoms with Gasteiger partial charge in [0.1, 0.15) is 0 Å². The molecule has 2 aliphatic rings. The maximum atomic E-state index is 5.18. The topological polar surface area (TPSA) is 59.3 Å². The number of aromatic nitrogens is 4. The van der Waals surface area contributed by atoms with Crippen molar-refractivity contribution in [1.29, 1.82) is 0 Å². The minimum Gasteiger partial charge on any atom is -0.383 e. The summed E-state index contributed by atoms with van der Waals surface area (Å²) in [6.07, 6.45) is 2.67. The molecule has 0 unspecified atom stereocenters. The largest absolute Gasteiger partial charge is 0.383 e. The normalized spacial score (nSPS) is 24.8. The smallest absolute Gasteiger partial charge is 0.168 e. The molecule has 0 aliphatic carbocycles. The van der Waals surface area contributed by atoms with E-state index in [2.05, 4.69) is 39.2 Å². The molecule has 7 heteroatoms. The van der Waals surface area contributed by atoms with E-state index in [1.54, 1.807) is 7.11 Å². The number of tetrazole rings is 1. The van der Waals surface area contributed by atoms with Gasteiger partial charge in [-0.15, -0.1) is 5.10 Å². The molecule has 0 amide bonds. The average molecular weight is 308 g/mol. The number of fused-ring (bicyclic) bond motifs is 1. The molecule has 3 rings (SSSR count). The van der Waals surface area contributed by atoms with Gasteiger partial charge in [-0.3, -0.25) is 9.80 Å². The number of rotatable bonds is 6. The van der Waals surface area contributed by atoms with Gasteiger partial charge in [0.25, 0.3) is 0 Å². The molecular formula is C15H28N6O. The van der Waals surface area contributed by atoms with Crippen molar-refractivity contribution >= 4 is 0 Å². The lowest BCUT2D eigenvalue weighted by Gasteiger charge is -2.42. The van der Waals surface area contributed by atoms with Crippen LogP contribution in [-0.2, 0) is 11.3 Å². The number of methoxy groups -OCH3 is 1. The molecule has 0 spiro atoms. The van der Waals surface area contributed by atoms with Crippen molar-refractivity contribution in [3.8, 4) is 0 Å². The summed E-state index contributed by atoms with van der Waals surface area (Å²) in [5.41, 5.74) is 0. The van der Waals surface area contributed by atoms with E-state index < -0.39 is 0 Å². The summed E-state index contributed by atoms with van der Waals surface area (Å²) in [5, 5.41) is 12.4. The summed E-state index contributed by atoms with van der Waals surface area (Å²) < 4.78 is 7.09. The summed E-state index contributed by atoms with van der Waals surface area (Å²) in [5.74, 6) is 1.47. The van der Waals surface area contributed by atoms with Crippen molar-refractivity contribution < 1.29 is 4.74 Å². The minimum absolute atomic E-state index is 0.287. The van der Waals surface area contributed by atoms with Crippen LogP contribution in [0.5, 0.6) is 0 Å². The highest BCUT2D eigenvalue weighted by Crippen LogP contribution is 2.31. The summed E-state index contributed by atoms with van der Waals surface area (Å²) in [6, 6.07) is 1.01. The lowest BCUT2D eigenvalue weighted by molar-refractivity contribution is 0.0478. The zero-order valence-electron chi connectivity index (χ0n) is 14.0. The third kappa shape index (κ3) is 3.16. The second-order valence-electron chi connectivity index (χ2n) is 6.77. The number of hydrogen-bond donors (Lipinski definition) is 0. The predicted molar refractivity (Wildman–Crippen MR) is 83.4 cm³/mol. The van der Waals surface area contributed by atoms with Gasteiger partial charge in [-0.1, -0.05) is 13.8 Å². The van der Waals surface area contributed by atoms with Gasteiger partial charge >= 0.3 is 0 Å². The van der Waals surface area contributed by atoms with Crippen LogP contribution in [0.15, 0.2) is 0 Å². The van der Waals surface area contributed by atoms with E-state index in [4.69, 9.17) is 4.74 Å². The lowest BCUT2D eigenvalue weighted by atomic mass is 9.99. The molecule has 1 aromatic rings. The number of hydrogen-bond acceptors (Lipinski definition) is 6. The Hall–Kier alpha value is -1.05. The first-order valence-corrected chi connectivity index (χ1v) is 8.43. The molecule has 1 aromatic heterocycles. The van der Waals surface area contributed by atoms with Crippen LogP contribution >= 0.6 is 0 Å². The van der Waals surface area contributed by atoms with E-state index in [1.807, 2.05) is 4.68 Å². The van der Waals surface area contributed by atoms with Crippen molar-refractivity contribution in [3.63, 3.8) is 0 Å². The molecule has 0 bridgehead atoms. The molecule has 22 heavy (non-hydrogen) atoms. The van der Waals surface area contributed by atoms with Gasteiger partial charge in [0.2, 0.25) is 0 Å². The molecule has 124 valence electrons. The fourth-order valence-corrected chi connectivity index (χ4v) is 3.91. The Kier molecular flexibility index (Phi) is 5.05. The molecule has 2 aliphatic heterocycles. The first-order chi connectivity index (χ1) is 10.7. The van der Waals surface area contributed by atoms with Gasteiger partial charge in [-0.05, 0) is 35.7 Å². The van der Waals surface area contributed by atoms with E-state index in [0.29, 0.717) is 19.1 Å². The van der Waals surface area contributed by atoms with Crippen molar-refractivity contribution in [2.45, 2.75) is 45.3 Å². The summed E-state index contributed by atoms with van der Waals surface area (Å²) in [6.45, 7) is 10.6. The lowest BCUT2D eigenvalue weighted by Crippen LogP contribution is -2.52. The molecule has 7 nitrogen and oxygen atoms in total. The Morgan fingerprint density at radius 3 is 2.91 bits per heavy atom.